The molecular formula is C9H14N4. The molecule has 0 bridgehead atoms. The second kappa shape index (κ2) is 3.81. The summed E-state index contributed by atoms with van der Waals surface area (Å²) in [6.07, 6.45) is 7.27. The average Bonchev–Trinajstić information content (AvgIpc) is 2.99. The minimum Gasteiger partial charge on any atom is -0.271 e. The van der Waals surface area contributed by atoms with Gasteiger partial charge in [0.1, 0.15) is 0 Å². The van der Waals surface area contributed by atoms with Gasteiger partial charge in [0.05, 0.1) is 6.20 Å². The Balaban J connectivity index is 2.02. The van der Waals surface area contributed by atoms with Gasteiger partial charge < -0.3 is 0 Å². The summed E-state index contributed by atoms with van der Waals surface area (Å²) < 4.78 is 0. The van der Waals surface area contributed by atoms with Crippen LogP contribution in [0.5, 0.6) is 0 Å². The lowest BCUT2D eigenvalue weighted by Gasteiger charge is -2.14. The maximum atomic E-state index is 5.48. The predicted octanol–water partition coefficient (Wildman–Crippen LogP) is 0.781. The minimum atomic E-state index is 0.239. The summed E-state index contributed by atoms with van der Waals surface area (Å²) in [6.45, 7) is 0. The van der Waals surface area contributed by atoms with E-state index in [0.717, 1.165) is 17.9 Å². The summed E-state index contributed by atoms with van der Waals surface area (Å²) in [5.74, 6) is 6.34. The van der Waals surface area contributed by atoms with Crippen LogP contribution in [0.25, 0.3) is 0 Å². The van der Waals surface area contributed by atoms with E-state index < -0.39 is 0 Å². The van der Waals surface area contributed by atoms with E-state index in [0.29, 0.717) is 0 Å². The minimum absolute atomic E-state index is 0.239. The number of hydrogen-bond acceptors (Lipinski definition) is 4. The van der Waals surface area contributed by atoms with Crippen molar-refractivity contribution in [2.45, 2.75) is 25.3 Å². The Morgan fingerprint density at radius 1 is 1.54 bits per heavy atom. The Morgan fingerprint density at radius 3 is 2.92 bits per heavy atom. The molecular weight excluding hydrogens is 164 g/mol. The van der Waals surface area contributed by atoms with Crippen LogP contribution in [-0.4, -0.2) is 10.2 Å². The molecule has 70 valence electrons. The molecule has 1 heterocycles. The van der Waals surface area contributed by atoms with Gasteiger partial charge in [-0.15, -0.1) is 0 Å². The van der Waals surface area contributed by atoms with Gasteiger partial charge in [-0.2, -0.15) is 10.2 Å². The summed E-state index contributed by atoms with van der Waals surface area (Å²) in [4.78, 5) is 0. The summed E-state index contributed by atoms with van der Waals surface area (Å²) in [5, 5.41) is 7.57. The summed E-state index contributed by atoms with van der Waals surface area (Å²) in [7, 11) is 0. The Labute approximate surface area is 77.5 Å². The Morgan fingerprint density at radius 2 is 2.38 bits per heavy atom. The smallest absolute Gasteiger partial charge is 0.0544 e. The lowest BCUT2D eigenvalue weighted by atomic mass is 10.0. The quantitative estimate of drug-likeness (QED) is 0.528. The zero-order valence-corrected chi connectivity index (χ0v) is 7.48. The van der Waals surface area contributed by atoms with Crippen molar-refractivity contribution in [2.75, 3.05) is 0 Å². The number of nitrogens with zero attached hydrogens (tertiary/aromatic N) is 2. The van der Waals surface area contributed by atoms with Crippen molar-refractivity contribution in [3.8, 4) is 0 Å². The molecule has 2 rings (SSSR count). The van der Waals surface area contributed by atoms with Crippen molar-refractivity contribution in [2.24, 2.45) is 11.8 Å². The van der Waals surface area contributed by atoms with Crippen LogP contribution >= 0.6 is 0 Å². The molecule has 1 atom stereocenters. The van der Waals surface area contributed by atoms with Crippen molar-refractivity contribution in [1.82, 2.24) is 15.6 Å². The van der Waals surface area contributed by atoms with Gasteiger partial charge in [-0.05, 0) is 24.0 Å². The van der Waals surface area contributed by atoms with Gasteiger partial charge in [-0.25, -0.2) is 0 Å². The van der Waals surface area contributed by atoms with E-state index in [9.17, 15) is 0 Å². The molecule has 1 aromatic rings. The van der Waals surface area contributed by atoms with Crippen molar-refractivity contribution in [3.05, 3.63) is 24.0 Å². The number of nitrogens with one attached hydrogen (secondary N) is 1. The fourth-order valence-corrected chi connectivity index (χ4v) is 1.49. The van der Waals surface area contributed by atoms with Crippen molar-refractivity contribution < 1.29 is 0 Å². The predicted molar refractivity (Wildman–Crippen MR) is 49.4 cm³/mol. The summed E-state index contributed by atoms with van der Waals surface area (Å²) in [5.41, 5.74) is 3.95. The third-order valence-electron chi connectivity index (χ3n) is 2.48. The first-order chi connectivity index (χ1) is 6.40. The molecule has 0 saturated heterocycles. The second-order valence-corrected chi connectivity index (χ2v) is 3.57. The molecule has 0 radical (unpaired) electrons. The maximum Gasteiger partial charge on any atom is 0.0544 e. The maximum absolute atomic E-state index is 5.48. The van der Waals surface area contributed by atoms with Crippen LogP contribution < -0.4 is 11.3 Å². The molecule has 0 spiro atoms. The third kappa shape index (κ3) is 2.23. The molecule has 1 aliphatic rings. The number of rotatable bonds is 4. The highest BCUT2D eigenvalue weighted by atomic mass is 15.2. The highest BCUT2D eigenvalue weighted by Gasteiger charge is 2.25. The molecule has 1 aromatic heterocycles. The SMILES string of the molecule is NNC(CC1CC1)c1ccnnc1. The van der Waals surface area contributed by atoms with Gasteiger partial charge >= 0.3 is 0 Å². The van der Waals surface area contributed by atoms with E-state index in [1.807, 2.05) is 6.07 Å². The van der Waals surface area contributed by atoms with E-state index in [1.165, 1.54) is 12.8 Å². The number of aromatic nitrogens is 2. The third-order valence-corrected chi connectivity index (χ3v) is 2.48. The number of hydrogen-bond donors (Lipinski definition) is 2. The molecule has 3 N–H and O–H groups in total. The highest BCUT2D eigenvalue weighted by Crippen LogP contribution is 2.37. The van der Waals surface area contributed by atoms with Gasteiger partial charge in [-0.3, -0.25) is 11.3 Å². The van der Waals surface area contributed by atoms with Gasteiger partial charge in [0.25, 0.3) is 0 Å². The molecule has 1 aliphatic carbocycles. The zero-order valence-electron chi connectivity index (χ0n) is 7.48. The van der Waals surface area contributed by atoms with E-state index in [2.05, 4.69) is 15.6 Å². The molecule has 0 aliphatic heterocycles. The molecule has 1 saturated carbocycles. The molecule has 4 heteroatoms. The van der Waals surface area contributed by atoms with Crippen molar-refractivity contribution in [1.29, 1.82) is 0 Å². The first-order valence-corrected chi connectivity index (χ1v) is 4.63. The average molecular weight is 178 g/mol. The van der Waals surface area contributed by atoms with Crippen LogP contribution in [0, 0.1) is 5.92 Å². The summed E-state index contributed by atoms with van der Waals surface area (Å²) in [6, 6.07) is 2.20. The normalized spacial score (nSPS) is 18.5. The number of hydrazine groups is 1. The topological polar surface area (TPSA) is 63.8 Å². The van der Waals surface area contributed by atoms with E-state index >= 15 is 0 Å². The molecule has 13 heavy (non-hydrogen) atoms. The van der Waals surface area contributed by atoms with E-state index in [-0.39, 0.29) is 6.04 Å². The van der Waals surface area contributed by atoms with Crippen LogP contribution in [0.1, 0.15) is 30.9 Å². The van der Waals surface area contributed by atoms with E-state index in [4.69, 9.17) is 5.84 Å². The van der Waals surface area contributed by atoms with Crippen LogP contribution in [-0.2, 0) is 0 Å². The van der Waals surface area contributed by atoms with Crippen LogP contribution in [0.3, 0.4) is 0 Å². The monoisotopic (exact) mass is 178 g/mol. The van der Waals surface area contributed by atoms with Crippen LogP contribution in [0.4, 0.5) is 0 Å². The van der Waals surface area contributed by atoms with Gasteiger partial charge in [0, 0.05) is 12.2 Å². The largest absolute Gasteiger partial charge is 0.271 e. The molecule has 4 nitrogen and oxygen atoms in total. The zero-order chi connectivity index (χ0) is 9.10. The Kier molecular flexibility index (Phi) is 2.52. The Hall–Kier alpha value is -1.00. The lowest BCUT2D eigenvalue weighted by molar-refractivity contribution is 0.485. The van der Waals surface area contributed by atoms with Crippen molar-refractivity contribution >= 4 is 0 Å². The number of nitrogens with two attached hydrogens (primary N) is 1. The van der Waals surface area contributed by atoms with Crippen molar-refractivity contribution in [3.63, 3.8) is 0 Å². The first-order valence-electron chi connectivity index (χ1n) is 4.63. The van der Waals surface area contributed by atoms with Gasteiger partial charge in [-0.1, -0.05) is 12.8 Å². The van der Waals surface area contributed by atoms with Gasteiger partial charge in [0.15, 0.2) is 0 Å². The second-order valence-electron chi connectivity index (χ2n) is 3.57. The lowest BCUT2D eigenvalue weighted by Crippen LogP contribution is -2.28. The van der Waals surface area contributed by atoms with Gasteiger partial charge in [0.2, 0.25) is 0 Å². The molecule has 0 amide bonds. The van der Waals surface area contributed by atoms with E-state index in [1.54, 1.807) is 12.4 Å². The Bertz CT molecular complexity index is 258. The van der Waals surface area contributed by atoms with Crippen LogP contribution in [0.15, 0.2) is 18.5 Å². The molecule has 1 fully saturated rings. The standard InChI is InChI=1S/C9H14N4/c10-13-9(5-7-1-2-7)8-3-4-11-12-6-8/h3-4,6-7,9,13H,1-2,5,10H2. The first kappa shape index (κ1) is 8.59. The fraction of sp³-hybridized carbons (Fsp3) is 0.556. The fourth-order valence-electron chi connectivity index (χ4n) is 1.49. The molecule has 0 aromatic carbocycles. The molecule has 1 unspecified atom stereocenters. The summed E-state index contributed by atoms with van der Waals surface area (Å²) >= 11 is 0. The van der Waals surface area contributed by atoms with Crippen LogP contribution in [0.2, 0.25) is 0 Å². The highest BCUT2D eigenvalue weighted by molar-refractivity contribution is 5.11.